The highest BCUT2D eigenvalue weighted by atomic mass is 32.2. The van der Waals surface area contributed by atoms with Crippen LogP contribution in [-0.2, 0) is 15.8 Å². The van der Waals surface area contributed by atoms with E-state index < -0.39 is 10.0 Å². The summed E-state index contributed by atoms with van der Waals surface area (Å²) in [5, 5.41) is 2.89. The highest BCUT2D eigenvalue weighted by Gasteiger charge is 2.14. The Morgan fingerprint density at radius 1 is 0.839 bits per heavy atom. The molecule has 0 aliphatic rings. The van der Waals surface area contributed by atoms with Gasteiger partial charge < -0.3 is 5.32 Å². The number of nitrogens with one attached hydrogen (secondary N) is 2. The molecular formula is C24H26N2O3S2. The van der Waals surface area contributed by atoms with Gasteiger partial charge in [-0.1, -0.05) is 47.5 Å². The van der Waals surface area contributed by atoms with Gasteiger partial charge in [0.15, 0.2) is 0 Å². The highest BCUT2D eigenvalue weighted by molar-refractivity contribution is 7.98. The number of anilines is 1. The number of aryl methyl sites for hydroxylation is 2. The van der Waals surface area contributed by atoms with E-state index in [-0.39, 0.29) is 10.8 Å². The second-order valence-corrected chi connectivity index (χ2v) is 10.1. The average molecular weight is 455 g/mol. The molecule has 0 aliphatic heterocycles. The third kappa shape index (κ3) is 6.87. The third-order valence-electron chi connectivity index (χ3n) is 4.65. The van der Waals surface area contributed by atoms with Crippen LogP contribution in [0.25, 0.3) is 0 Å². The van der Waals surface area contributed by atoms with E-state index in [4.69, 9.17) is 0 Å². The summed E-state index contributed by atoms with van der Waals surface area (Å²) < 4.78 is 27.5. The van der Waals surface area contributed by atoms with Crippen LogP contribution >= 0.6 is 11.8 Å². The summed E-state index contributed by atoms with van der Waals surface area (Å²) in [5.41, 5.74) is 4.40. The molecule has 3 rings (SSSR count). The lowest BCUT2D eigenvalue weighted by Gasteiger charge is -2.10. The molecule has 0 saturated carbocycles. The number of thioether (sulfide) groups is 1. The van der Waals surface area contributed by atoms with Crippen molar-refractivity contribution in [3.8, 4) is 0 Å². The molecule has 2 N–H and O–H groups in total. The molecule has 0 unspecified atom stereocenters. The first-order valence-electron chi connectivity index (χ1n) is 9.94. The summed E-state index contributed by atoms with van der Waals surface area (Å²) in [5.74, 6) is 1.55. The number of benzene rings is 3. The second-order valence-electron chi connectivity index (χ2n) is 7.29. The van der Waals surface area contributed by atoms with Gasteiger partial charge in [-0.15, -0.1) is 0 Å². The molecule has 0 aliphatic carbocycles. The first-order valence-corrected chi connectivity index (χ1v) is 12.6. The van der Waals surface area contributed by atoms with Crippen LogP contribution in [0.3, 0.4) is 0 Å². The van der Waals surface area contributed by atoms with Crippen LogP contribution in [0.2, 0.25) is 0 Å². The molecule has 162 valence electrons. The molecule has 7 heteroatoms. The molecule has 0 spiro atoms. The fourth-order valence-corrected chi connectivity index (χ4v) is 4.71. The van der Waals surface area contributed by atoms with E-state index in [1.807, 2.05) is 6.92 Å². The molecule has 0 saturated heterocycles. The zero-order valence-electron chi connectivity index (χ0n) is 17.6. The lowest BCUT2D eigenvalue weighted by molar-refractivity contribution is 0.0956. The van der Waals surface area contributed by atoms with E-state index >= 15 is 0 Å². The third-order valence-corrected chi connectivity index (χ3v) is 7.08. The van der Waals surface area contributed by atoms with E-state index in [0.29, 0.717) is 17.8 Å². The maximum atomic E-state index is 12.5. The summed E-state index contributed by atoms with van der Waals surface area (Å²) in [7, 11) is -3.66. The van der Waals surface area contributed by atoms with Crippen molar-refractivity contribution in [1.29, 1.82) is 0 Å². The monoisotopic (exact) mass is 454 g/mol. The number of hydrogen-bond acceptors (Lipinski definition) is 4. The Bertz CT molecular complexity index is 1110. The highest BCUT2D eigenvalue weighted by Crippen LogP contribution is 2.17. The smallest absolute Gasteiger partial charge is 0.261 e. The van der Waals surface area contributed by atoms with Crippen LogP contribution in [0.4, 0.5) is 5.69 Å². The van der Waals surface area contributed by atoms with Crippen LogP contribution in [0.15, 0.2) is 77.7 Å². The van der Waals surface area contributed by atoms with Crippen molar-refractivity contribution in [2.45, 2.75) is 24.5 Å². The zero-order valence-corrected chi connectivity index (χ0v) is 19.2. The Labute approximate surface area is 188 Å². The van der Waals surface area contributed by atoms with Gasteiger partial charge in [0, 0.05) is 29.3 Å². The molecule has 1 amide bonds. The fourth-order valence-electron chi connectivity index (χ4n) is 2.83. The van der Waals surface area contributed by atoms with Crippen molar-refractivity contribution in [3.05, 3.63) is 95.1 Å². The first kappa shape index (κ1) is 22.9. The topological polar surface area (TPSA) is 75.3 Å². The summed E-state index contributed by atoms with van der Waals surface area (Å²) in [6.45, 7) is 4.53. The Morgan fingerprint density at radius 2 is 1.42 bits per heavy atom. The van der Waals surface area contributed by atoms with Crippen molar-refractivity contribution >= 4 is 33.4 Å². The Balaban J connectivity index is 1.46. The van der Waals surface area contributed by atoms with Crippen LogP contribution in [0.5, 0.6) is 0 Å². The van der Waals surface area contributed by atoms with E-state index in [2.05, 4.69) is 41.2 Å². The van der Waals surface area contributed by atoms with E-state index in [0.717, 1.165) is 17.1 Å². The summed E-state index contributed by atoms with van der Waals surface area (Å²) >= 11 is 1.77. The van der Waals surface area contributed by atoms with Gasteiger partial charge in [-0.05, 0) is 55.8 Å². The van der Waals surface area contributed by atoms with Crippen molar-refractivity contribution in [3.63, 3.8) is 0 Å². The summed E-state index contributed by atoms with van der Waals surface area (Å²) in [6, 6.07) is 21.5. The number of carbonyl (C=O) groups is 1. The van der Waals surface area contributed by atoms with Crippen LogP contribution in [0.1, 0.15) is 27.0 Å². The molecule has 0 fully saturated rings. The van der Waals surface area contributed by atoms with Crippen LogP contribution in [-0.4, -0.2) is 26.6 Å². The quantitative estimate of drug-likeness (QED) is 0.457. The molecule has 3 aromatic rings. The molecule has 0 radical (unpaired) electrons. The molecule has 0 bridgehead atoms. The van der Waals surface area contributed by atoms with Gasteiger partial charge in [-0.2, -0.15) is 11.8 Å². The molecule has 3 aromatic carbocycles. The lowest BCUT2D eigenvalue weighted by atomic mass is 10.2. The Morgan fingerprint density at radius 3 is 2.03 bits per heavy atom. The molecule has 0 aromatic heterocycles. The van der Waals surface area contributed by atoms with Crippen molar-refractivity contribution in [2.75, 3.05) is 17.0 Å². The minimum atomic E-state index is -3.66. The lowest BCUT2D eigenvalue weighted by Crippen LogP contribution is -2.25. The van der Waals surface area contributed by atoms with Gasteiger partial charge in [0.2, 0.25) is 0 Å². The second kappa shape index (κ2) is 10.5. The van der Waals surface area contributed by atoms with Gasteiger partial charge in [-0.3, -0.25) is 9.52 Å². The first-order chi connectivity index (χ1) is 14.8. The summed E-state index contributed by atoms with van der Waals surface area (Å²) in [6.07, 6.45) is 0. The maximum Gasteiger partial charge on any atom is 0.261 e. The zero-order chi connectivity index (χ0) is 22.3. The Hall–Kier alpha value is -2.77. The van der Waals surface area contributed by atoms with Crippen LogP contribution < -0.4 is 10.0 Å². The average Bonchev–Trinajstić information content (AvgIpc) is 2.75. The predicted octanol–water partition coefficient (Wildman–Crippen LogP) is 4.77. The standard InChI is InChI=1S/C24H26N2O3S2/c1-18-3-7-20(8-4-18)17-30-16-15-25-24(27)21-9-11-22(12-10-21)26-31(28,29)23-13-5-19(2)6-14-23/h3-14,26H,15-17H2,1-2H3,(H,25,27). The number of amides is 1. The molecule has 0 atom stereocenters. The molecular weight excluding hydrogens is 428 g/mol. The van der Waals surface area contributed by atoms with Gasteiger partial charge in [0.1, 0.15) is 0 Å². The molecule has 31 heavy (non-hydrogen) atoms. The molecule has 0 heterocycles. The SMILES string of the molecule is Cc1ccc(CSCCNC(=O)c2ccc(NS(=O)(=O)c3ccc(C)cc3)cc2)cc1. The van der Waals surface area contributed by atoms with Crippen LogP contribution in [0, 0.1) is 13.8 Å². The van der Waals surface area contributed by atoms with Crippen molar-refractivity contribution in [1.82, 2.24) is 5.32 Å². The van der Waals surface area contributed by atoms with Gasteiger partial charge in [0.25, 0.3) is 15.9 Å². The van der Waals surface area contributed by atoms with Gasteiger partial charge >= 0.3 is 0 Å². The van der Waals surface area contributed by atoms with E-state index in [1.54, 1.807) is 60.3 Å². The number of rotatable bonds is 9. The van der Waals surface area contributed by atoms with Crippen molar-refractivity contribution < 1.29 is 13.2 Å². The maximum absolute atomic E-state index is 12.5. The number of sulfonamides is 1. The Kier molecular flexibility index (Phi) is 7.76. The van der Waals surface area contributed by atoms with Gasteiger partial charge in [-0.25, -0.2) is 8.42 Å². The van der Waals surface area contributed by atoms with E-state index in [9.17, 15) is 13.2 Å². The van der Waals surface area contributed by atoms with E-state index in [1.165, 1.54) is 11.1 Å². The van der Waals surface area contributed by atoms with Gasteiger partial charge in [0.05, 0.1) is 4.90 Å². The normalized spacial score (nSPS) is 11.2. The molecule has 5 nitrogen and oxygen atoms in total. The summed E-state index contributed by atoms with van der Waals surface area (Å²) in [4.78, 5) is 12.5. The fraction of sp³-hybridized carbons (Fsp3) is 0.208. The van der Waals surface area contributed by atoms with Crippen molar-refractivity contribution in [2.24, 2.45) is 0 Å². The minimum Gasteiger partial charge on any atom is -0.351 e. The number of hydrogen-bond donors (Lipinski definition) is 2. The minimum absolute atomic E-state index is 0.177. The number of carbonyl (C=O) groups excluding carboxylic acids is 1. The largest absolute Gasteiger partial charge is 0.351 e. The predicted molar refractivity (Wildman–Crippen MR) is 128 cm³/mol.